The van der Waals surface area contributed by atoms with Gasteiger partial charge in [-0.1, -0.05) is 19.3 Å². The SMILES string of the molecule is COC(=O)c1sccc1S(=O)(=O)NC(=O)COC1CCCCC1. The minimum Gasteiger partial charge on any atom is -0.465 e. The number of carbonyl (C=O) groups is 2. The topological polar surface area (TPSA) is 98.8 Å². The third kappa shape index (κ3) is 4.76. The quantitative estimate of drug-likeness (QED) is 0.774. The molecule has 1 heterocycles. The number of ether oxygens (including phenoxy) is 2. The number of hydrogen-bond donors (Lipinski definition) is 1. The van der Waals surface area contributed by atoms with E-state index in [9.17, 15) is 18.0 Å². The van der Waals surface area contributed by atoms with Gasteiger partial charge in [0.1, 0.15) is 16.4 Å². The Morgan fingerprint density at radius 3 is 2.65 bits per heavy atom. The van der Waals surface area contributed by atoms with E-state index in [0.717, 1.165) is 50.6 Å². The molecule has 1 fully saturated rings. The summed E-state index contributed by atoms with van der Waals surface area (Å²) in [5.74, 6) is -1.51. The van der Waals surface area contributed by atoms with E-state index in [1.807, 2.05) is 4.72 Å². The molecule has 7 nitrogen and oxygen atoms in total. The van der Waals surface area contributed by atoms with Gasteiger partial charge in [-0.05, 0) is 24.3 Å². The number of sulfonamides is 1. The first-order valence-electron chi connectivity index (χ1n) is 7.27. The smallest absolute Gasteiger partial charge is 0.349 e. The average Bonchev–Trinajstić information content (AvgIpc) is 3.03. The first-order chi connectivity index (χ1) is 10.9. The van der Waals surface area contributed by atoms with Gasteiger partial charge in [-0.2, -0.15) is 0 Å². The number of nitrogens with one attached hydrogen (secondary N) is 1. The van der Waals surface area contributed by atoms with Crippen LogP contribution in [0, 0.1) is 0 Å². The van der Waals surface area contributed by atoms with Gasteiger partial charge in [0.25, 0.3) is 15.9 Å². The normalized spacial score (nSPS) is 16.0. The standard InChI is InChI=1S/C14H19NO6S2/c1-20-14(17)13-11(7-8-22-13)23(18,19)15-12(16)9-21-10-5-3-2-4-6-10/h7-8,10H,2-6,9H2,1H3,(H,15,16). The van der Waals surface area contributed by atoms with Crippen molar-refractivity contribution in [2.45, 2.75) is 43.1 Å². The van der Waals surface area contributed by atoms with Gasteiger partial charge in [0.2, 0.25) is 0 Å². The lowest BCUT2D eigenvalue weighted by atomic mass is 9.98. The first kappa shape index (κ1) is 17.9. The van der Waals surface area contributed by atoms with Crippen LogP contribution < -0.4 is 4.72 Å². The van der Waals surface area contributed by atoms with E-state index >= 15 is 0 Å². The van der Waals surface area contributed by atoms with Crippen LogP contribution in [0.15, 0.2) is 16.3 Å². The number of amides is 1. The maximum Gasteiger partial charge on any atom is 0.349 e. The number of methoxy groups -OCH3 is 1. The molecule has 0 saturated heterocycles. The molecule has 2 rings (SSSR count). The summed E-state index contributed by atoms with van der Waals surface area (Å²) in [6.45, 7) is -0.318. The van der Waals surface area contributed by atoms with E-state index in [1.165, 1.54) is 11.4 Å². The Bertz CT molecular complexity index is 661. The second kappa shape index (κ2) is 7.89. The summed E-state index contributed by atoms with van der Waals surface area (Å²) < 4.78 is 36.3. The van der Waals surface area contributed by atoms with Crippen molar-refractivity contribution in [2.24, 2.45) is 0 Å². The summed E-state index contributed by atoms with van der Waals surface area (Å²) in [6, 6.07) is 1.26. The summed E-state index contributed by atoms with van der Waals surface area (Å²) in [5.41, 5.74) is 0. The zero-order valence-electron chi connectivity index (χ0n) is 12.7. The summed E-state index contributed by atoms with van der Waals surface area (Å²) in [6.07, 6.45) is 5.05. The predicted molar refractivity (Wildman–Crippen MR) is 83.8 cm³/mol. The van der Waals surface area contributed by atoms with Gasteiger partial charge in [-0.25, -0.2) is 17.9 Å². The molecule has 128 valence electrons. The van der Waals surface area contributed by atoms with Gasteiger partial charge < -0.3 is 9.47 Å². The van der Waals surface area contributed by atoms with Gasteiger partial charge in [0.05, 0.1) is 13.2 Å². The molecule has 1 aliphatic rings. The van der Waals surface area contributed by atoms with Crippen molar-refractivity contribution in [1.29, 1.82) is 0 Å². The van der Waals surface area contributed by atoms with Crippen LogP contribution in [-0.4, -0.2) is 40.1 Å². The summed E-state index contributed by atoms with van der Waals surface area (Å²) >= 11 is 0.936. The van der Waals surface area contributed by atoms with Crippen molar-refractivity contribution in [1.82, 2.24) is 4.72 Å². The van der Waals surface area contributed by atoms with Gasteiger partial charge in [0, 0.05) is 0 Å². The van der Waals surface area contributed by atoms with E-state index in [2.05, 4.69) is 4.74 Å². The largest absolute Gasteiger partial charge is 0.465 e. The van der Waals surface area contributed by atoms with Crippen LogP contribution >= 0.6 is 11.3 Å². The fourth-order valence-corrected chi connectivity index (χ4v) is 4.72. The maximum absolute atomic E-state index is 12.2. The Morgan fingerprint density at radius 2 is 2.00 bits per heavy atom. The van der Waals surface area contributed by atoms with E-state index < -0.39 is 21.9 Å². The molecule has 0 aliphatic heterocycles. The van der Waals surface area contributed by atoms with Crippen LogP contribution in [0.1, 0.15) is 41.8 Å². The number of rotatable bonds is 6. The highest BCUT2D eigenvalue weighted by Crippen LogP contribution is 2.23. The minimum atomic E-state index is -4.12. The molecule has 23 heavy (non-hydrogen) atoms. The van der Waals surface area contributed by atoms with Crippen LogP contribution in [-0.2, 0) is 24.3 Å². The molecular formula is C14H19NO6S2. The summed E-state index contributed by atoms with van der Waals surface area (Å²) in [5, 5.41) is 1.45. The lowest BCUT2D eigenvalue weighted by Crippen LogP contribution is -2.35. The molecule has 0 spiro atoms. The number of esters is 1. The van der Waals surface area contributed by atoms with Crippen LogP contribution in [0.4, 0.5) is 0 Å². The highest BCUT2D eigenvalue weighted by molar-refractivity contribution is 7.90. The Kier molecular flexibility index (Phi) is 6.14. The molecule has 1 aromatic heterocycles. The highest BCUT2D eigenvalue weighted by Gasteiger charge is 2.26. The van der Waals surface area contributed by atoms with Crippen molar-refractivity contribution >= 4 is 33.2 Å². The molecule has 1 aromatic rings. The molecular weight excluding hydrogens is 342 g/mol. The fourth-order valence-electron chi connectivity index (χ4n) is 2.41. The number of thiophene rings is 1. The Hall–Kier alpha value is -1.45. The molecule has 0 aromatic carbocycles. The zero-order chi connectivity index (χ0) is 16.9. The lowest BCUT2D eigenvalue weighted by molar-refractivity contribution is -0.126. The van der Waals surface area contributed by atoms with Crippen molar-refractivity contribution < 1.29 is 27.5 Å². The highest BCUT2D eigenvalue weighted by atomic mass is 32.2. The second-order valence-corrected chi connectivity index (χ2v) is 7.77. The monoisotopic (exact) mass is 361 g/mol. The van der Waals surface area contributed by atoms with E-state index in [4.69, 9.17) is 4.74 Å². The molecule has 0 radical (unpaired) electrons. The van der Waals surface area contributed by atoms with E-state index in [1.54, 1.807) is 0 Å². The molecule has 1 N–H and O–H groups in total. The van der Waals surface area contributed by atoms with Crippen LogP contribution in [0.2, 0.25) is 0 Å². The third-order valence-corrected chi connectivity index (χ3v) is 5.98. The minimum absolute atomic E-state index is 0.00369. The van der Waals surface area contributed by atoms with Gasteiger partial charge in [0.15, 0.2) is 0 Å². The van der Waals surface area contributed by atoms with Crippen molar-refractivity contribution in [2.75, 3.05) is 13.7 Å². The fraction of sp³-hybridized carbons (Fsp3) is 0.571. The maximum atomic E-state index is 12.2. The lowest BCUT2D eigenvalue weighted by Gasteiger charge is -2.21. The molecule has 1 saturated carbocycles. The van der Waals surface area contributed by atoms with Crippen LogP contribution in [0.25, 0.3) is 0 Å². The summed E-state index contributed by atoms with van der Waals surface area (Å²) in [7, 11) is -2.96. The molecule has 9 heteroatoms. The van der Waals surface area contributed by atoms with Crippen LogP contribution in [0.3, 0.4) is 0 Å². The first-order valence-corrected chi connectivity index (χ1v) is 9.63. The van der Waals surface area contributed by atoms with Gasteiger partial charge >= 0.3 is 5.97 Å². The van der Waals surface area contributed by atoms with E-state index in [0.29, 0.717) is 0 Å². The van der Waals surface area contributed by atoms with Crippen molar-refractivity contribution in [3.05, 3.63) is 16.3 Å². The molecule has 1 aliphatic carbocycles. The van der Waals surface area contributed by atoms with Crippen LogP contribution in [0.5, 0.6) is 0 Å². The predicted octanol–water partition coefficient (Wildman–Crippen LogP) is 1.69. The third-order valence-electron chi connectivity index (χ3n) is 3.54. The summed E-state index contributed by atoms with van der Waals surface area (Å²) in [4.78, 5) is 23.0. The molecule has 0 bridgehead atoms. The molecule has 1 amide bonds. The number of carbonyl (C=O) groups excluding carboxylic acids is 2. The molecule has 0 atom stereocenters. The molecule has 0 unspecified atom stereocenters. The van der Waals surface area contributed by atoms with Gasteiger partial charge in [-0.15, -0.1) is 11.3 Å². The Labute approximate surface area is 139 Å². The average molecular weight is 361 g/mol. The van der Waals surface area contributed by atoms with Crippen molar-refractivity contribution in [3.8, 4) is 0 Å². The zero-order valence-corrected chi connectivity index (χ0v) is 14.4. The second-order valence-electron chi connectivity index (χ2n) is 5.21. The Balaban J connectivity index is 1.96. The number of hydrogen-bond acceptors (Lipinski definition) is 7. The van der Waals surface area contributed by atoms with Gasteiger partial charge in [-0.3, -0.25) is 4.79 Å². The van der Waals surface area contributed by atoms with E-state index in [-0.39, 0.29) is 22.5 Å². The van der Waals surface area contributed by atoms with Crippen molar-refractivity contribution in [3.63, 3.8) is 0 Å². The Morgan fingerprint density at radius 1 is 1.30 bits per heavy atom.